The van der Waals surface area contributed by atoms with Gasteiger partial charge in [-0.1, -0.05) is 12.1 Å². The van der Waals surface area contributed by atoms with Gasteiger partial charge in [0.1, 0.15) is 17.7 Å². The lowest BCUT2D eigenvalue weighted by atomic mass is 10.1. The van der Waals surface area contributed by atoms with E-state index in [0.717, 1.165) is 11.3 Å². The molecular formula is C13H13N3O3. The molecule has 0 bridgehead atoms. The van der Waals surface area contributed by atoms with E-state index in [0.29, 0.717) is 0 Å². The quantitative estimate of drug-likeness (QED) is 0.784. The minimum Gasteiger partial charge on any atom is -0.497 e. The van der Waals surface area contributed by atoms with Crippen molar-refractivity contribution < 1.29 is 14.3 Å². The third-order valence-corrected chi connectivity index (χ3v) is 3.39. The van der Waals surface area contributed by atoms with Gasteiger partial charge in [-0.05, 0) is 17.7 Å². The Morgan fingerprint density at radius 2 is 2.00 bits per heavy atom. The number of amides is 2. The standard InChI is InChI=1S/C13H13N3O3/c1-19-9-4-2-8(3-5-9)7-16-12(17)10-6-14-15-11(10)13(16)18/h2-6,10-11,15H,7H2,1H3/t10-,11+/m1/s1. The molecule has 1 N–H and O–H groups in total. The number of nitrogens with zero attached hydrogens (tertiary/aromatic N) is 2. The average Bonchev–Trinajstić information content (AvgIpc) is 3.00. The van der Waals surface area contributed by atoms with Gasteiger partial charge in [-0.3, -0.25) is 19.9 Å². The molecule has 0 radical (unpaired) electrons. The molecule has 0 aliphatic carbocycles. The Bertz CT molecular complexity index is 553. The summed E-state index contributed by atoms with van der Waals surface area (Å²) in [5.74, 6) is -0.123. The van der Waals surface area contributed by atoms with Crippen LogP contribution in [0.3, 0.4) is 0 Å². The van der Waals surface area contributed by atoms with E-state index in [2.05, 4.69) is 10.5 Å². The summed E-state index contributed by atoms with van der Waals surface area (Å²) in [6.45, 7) is 0.282. The Hall–Kier alpha value is -2.37. The van der Waals surface area contributed by atoms with Crippen LogP contribution in [-0.2, 0) is 16.1 Å². The van der Waals surface area contributed by atoms with Crippen LogP contribution >= 0.6 is 0 Å². The van der Waals surface area contributed by atoms with Crippen LogP contribution in [0.15, 0.2) is 29.4 Å². The van der Waals surface area contributed by atoms with Crippen LogP contribution in [0.5, 0.6) is 5.75 Å². The molecule has 0 aromatic heterocycles. The fraction of sp³-hybridized carbons (Fsp3) is 0.308. The molecule has 6 heteroatoms. The van der Waals surface area contributed by atoms with Gasteiger partial charge in [0.25, 0.3) is 5.91 Å². The Labute approximate surface area is 110 Å². The molecule has 1 saturated heterocycles. The van der Waals surface area contributed by atoms with Crippen molar-refractivity contribution in [2.45, 2.75) is 12.6 Å². The molecule has 2 heterocycles. The highest BCUT2D eigenvalue weighted by Crippen LogP contribution is 2.24. The molecule has 2 atom stereocenters. The zero-order valence-electron chi connectivity index (χ0n) is 10.4. The van der Waals surface area contributed by atoms with Gasteiger partial charge >= 0.3 is 0 Å². The van der Waals surface area contributed by atoms with E-state index in [-0.39, 0.29) is 18.4 Å². The van der Waals surface area contributed by atoms with Crippen LogP contribution in [-0.4, -0.2) is 36.1 Å². The molecule has 2 aliphatic rings. The van der Waals surface area contributed by atoms with E-state index in [4.69, 9.17) is 4.74 Å². The van der Waals surface area contributed by atoms with Crippen molar-refractivity contribution in [1.82, 2.24) is 10.3 Å². The van der Waals surface area contributed by atoms with Crippen molar-refractivity contribution in [1.29, 1.82) is 0 Å². The van der Waals surface area contributed by atoms with Crippen LogP contribution < -0.4 is 10.2 Å². The first kappa shape index (κ1) is 11.7. The minimum absolute atomic E-state index is 0.195. The highest BCUT2D eigenvalue weighted by molar-refractivity contribution is 6.14. The van der Waals surface area contributed by atoms with E-state index < -0.39 is 12.0 Å². The lowest BCUT2D eigenvalue weighted by molar-refractivity contribution is -0.140. The van der Waals surface area contributed by atoms with Gasteiger partial charge in [0.2, 0.25) is 5.91 Å². The number of carbonyl (C=O) groups excluding carboxylic acids is 2. The fourth-order valence-corrected chi connectivity index (χ4v) is 2.31. The summed E-state index contributed by atoms with van der Waals surface area (Å²) in [5, 5.41) is 3.77. The summed E-state index contributed by atoms with van der Waals surface area (Å²) in [6.07, 6.45) is 1.50. The molecule has 1 aromatic rings. The average molecular weight is 259 g/mol. The Balaban J connectivity index is 1.77. The fourth-order valence-electron chi connectivity index (χ4n) is 2.31. The van der Waals surface area contributed by atoms with Gasteiger partial charge in [-0.2, -0.15) is 5.10 Å². The first-order valence-electron chi connectivity index (χ1n) is 5.97. The number of hydrogen-bond donors (Lipinski definition) is 1. The molecule has 1 aromatic carbocycles. The Morgan fingerprint density at radius 3 is 2.63 bits per heavy atom. The van der Waals surface area contributed by atoms with Crippen LogP contribution in [0.25, 0.3) is 0 Å². The van der Waals surface area contributed by atoms with Gasteiger partial charge in [-0.25, -0.2) is 0 Å². The van der Waals surface area contributed by atoms with Crippen LogP contribution in [0.2, 0.25) is 0 Å². The molecule has 0 unspecified atom stereocenters. The van der Waals surface area contributed by atoms with Gasteiger partial charge in [0.15, 0.2) is 0 Å². The largest absolute Gasteiger partial charge is 0.497 e. The van der Waals surface area contributed by atoms with Crippen molar-refractivity contribution in [3.8, 4) is 5.75 Å². The van der Waals surface area contributed by atoms with Gasteiger partial charge < -0.3 is 4.74 Å². The van der Waals surface area contributed by atoms with E-state index in [1.54, 1.807) is 19.2 Å². The second-order valence-corrected chi connectivity index (χ2v) is 4.52. The summed E-state index contributed by atoms with van der Waals surface area (Å²) in [4.78, 5) is 25.4. The second kappa shape index (κ2) is 4.38. The van der Waals surface area contributed by atoms with Crippen LogP contribution in [0.4, 0.5) is 0 Å². The number of likely N-dealkylation sites (tertiary alicyclic amines) is 1. The lowest BCUT2D eigenvalue weighted by Gasteiger charge is -2.15. The molecule has 3 rings (SSSR count). The number of hydrogen-bond acceptors (Lipinski definition) is 5. The minimum atomic E-state index is -0.522. The van der Waals surface area contributed by atoms with Crippen molar-refractivity contribution in [3.63, 3.8) is 0 Å². The molecule has 0 saturated carbocycles. The number of ether oxygens (including phenoxy) is 1. The summed E-state index contributed by atoms with van der Waals surface area (Å²) in [7, 11) is 1.59. The van der Waals surface area contributed by atoms with Gasteiger partial charge in [0.05, 0.1) is 13.7 Å². The number of fused-ring (bicyclic) bond motifs is 1. The third-order valence-electron chi connectivity index (χ3n) is 3.39. The number of carbonyl (C=O) groups is 2. The molecular weight excluding hydrogens is 246 g/mol. The summed E-state index contributed by atoms with van der Waals surface area (Å²) >= 11 is 0. The number of methoxy groups -OCH3 is 1. The summed E-state index contributed by atoms with van der Waals surface area (Å²) < 4.78 is 5.07. The van der Waals surface area contributed by atoms with Gasteiger partial charge in [0, 0.05) is 6.21 Å². The molecule has 19 heavy (non-hydrogen) atoms. The normalized spacial score (nSPS) is 24.6. The first-order valence-corrected chi connectivity index (χ1v) is 5.97. The zero-order valence-corrected chi connectivity index (χ0v) is 10.4. The topological polar surface area (TPSA) is 71.0 Å². The van der Waals surface area contributed by atoms with Crippen molar-refractivity contribution in [2.75, 3.05) is 7.11 Å². The van der Waals surface area contributed by atoms with Crippen molar-refractivity contribution in [2.24, 2.45) is 11.0 Å². The number of benzene rings is 1. The lowest BCUT2D eigenvalue weighted by Crippen LogP contribution is -2.35. The monoisotopic (exact) mass is 259 g/mol. The predicted octanol–water partition coefficient (Wildman–Crippen LogP) is 0.138. The van der Waals surface area contributed by atoms with Gasteiger partial charge in [-0.15, -0.1) is 0 Å². The Kier molecular flexibility index (Phi) is 2.70. The van der Waals surface area contributed by atoms with E-state index in [9.17, 15) is 9.59 Å². The van der Waals surface area contributed by atoms with E-state index in [1.165, 1.54) is 11.1 Å². The summed E-state index contributed by atoms with van der Waals surface area (Å²) in [6, 6.07) is 6.77. The summed E-state index contributed by atoms with van der Waals surface area (Å²) in [5.41, 5.74) is 3.56. The number of nitrogens with one attached hydrogen (secondary N) is 1. The number of rotatable bonds is 3. The third kappa shape index (κ3) is 1.85. The maximum atomic E-state index is 12.1. The molecule has 98 valence electrons. The number of hydrazone groups is 1. The molecule has 0 spiro atoms. The molecule has 1 fully saturated rings. The number of imide groups is 1. The van der Waals surface area contributed by atoms with Crippen LogP contribution in [0, 0.1) is 5.92 Å². The Morgan fingerprint density at radius 1 is 1.26 bits per heavy atom. The molecule has 6 nitrogen and oxygen atoms in total. The maximum Gasteiger partial charge on any atom is 0.254 e. The zero-order chi connectivity index (χ0) is 13.4. The van der Waals surface area contributed by atoms with Crippen LogP contribution in [0.1, 0.15) is 5.56 Å². The van der Waals surface area contributed by atoms with E-state index in [1.807, 2.05) is 12.1 Å². The van der Waals surface area contributed by atoms with Crippen molar-refractivity contribution in [3.05, 3.63) is 29.8 Å². The maximum absolute atomic E-state index is 12.1. The smallest absolute Gasteiger partial charge is 0.254 e. The second-order valence-electron chi connectivity index (χ2n) is 4.52. The predicted molar refractivity (Wildman–Crippen MR) is 67.5 cm³/mol. The SMILES string of the molecule is COc1ccc(CN2C(=O)[C@H]3NN=C[C@H]3C2=O)cc1. The van der Waals surface area contributed by atoms with Crippen molar-refractivity contribution >= 4 is 18.0 Å². The highest BCUT2D eigenvalue weighted by atomic mass is 16.5. The molecule has 2 aliphatic heterocycles. The van der Waals surface area contributed by atoms with E-state index >= 15 is 0 Å². The first-order chi connectivity index (χ1) is 9.20. The highest BCUT2D eigenvalue weighted by Gasteiger charge is 2.48. The molecule has 2 amide bonds.